The minimum atomic E-state index is 0.0213. The molecule has 0 amide bonds. The van der Waals surface area contributed by atoms with Crippen molar-refractivity contribution in [2.45, 2.75) is 32.4 Å². The summed E-state index contributed by atoms with van der Waals surface area (Å²) in [4.78, 5) is 6.87. The molecule has 90 valence electrons. The molecule has 0 spiro atoms. The molecule has 1 aromatic heterocycles. The van der Waals surface area contributed by atoms with E-state index in [0.29, 0.717) is 6.10 Å². The number of morpholine rings is 1. The van der Waals surface area contributed by atoms with Gasteiger partial charge in [-0.25, -0.2) is 4.98 Å². The Balaban J connectivity index is 2.05. The molecule has 1 aliphatic rings. The molecule has 0 bridgehead atoms. The van der Waals surface area contributed by atoms with Crippen LogP contribution in [-0.2, 0) is 4.74 Å². The van der Waals surface area contributed by atoms with Crippen molar-refractivity contribution in [3.63, 3.8) is 0 Å². The zero-order valence-electron chi connectivity index (χ0n) is 9.85. The molecule has 2 rings (SSSR count). The maximum Gasteiger partial charge on any atom is 0.185 e. The Morgan fingerprint density at radius 2 is 2.56 bits per heavy atom. The highest BCUT2D eigenvalue weighted by Gasteiger charge is 2.21. The third-order valence-electron chi connectivity index (χ3n) is 2.84. The van der Waals surface area contributed by atoms with Crippen LogP contribution in [0.2, 0.25) is 0 Å². The van der Waals surface area contributed by atoms with Crippen LogP contribution in [0, 0.1) is 0 Å². The molecule has 16 heavy (non-hydrogen) atoms. The highest BCUT2D eigenvalue weighted by Crippen LogP contribution is 2.25. The summed E-state index contributed by atoms with van der Waals surface area (Å²) in [6.07, 6.45) is 1.40. The Kier molecular flexibility index (Phi) is 3.78. The van der Waals surface area contributed by atoms with E-state index in [1.807, 2.05) is 6.92 Å². The van der Waals surface area contributed by atoms with Gasteiger partial charge in [-0.1, -0.05) is 6.92 Å². The van der Waals surface area contributed by atoms with Gasteiger partial charge in [-0.3, -0.25) is 0 Å². The highest BCUT2D eigenvalue weighted by molar-refractivity contribution is 7.13. The average Bonchev–Trinajstić information content (AvgIpc) is 2.78. The number of ether oxygens (including phenoxy) is 1. The van der Waals surface area contributed by atoms with Gasteiger partial charge in [0.15, 0.2) is 5.13 Å². The van der Waals surface area contributed by atoms with Crippen LogP contribution in [0.5, 0.6) is 0 Å². The Hall–Kier alpha value is -0.650. The molecule has 1 fully saturated rings. The highest BCUT2D eigenvalue weighted by atomic mass is 32.1. The van der Waals surface area contributed by atoms with E-state index in [1.54, 1.807) is 11.3 Å². The SMILES string of the molecule is CCC1CN(c2nc(C(C)N)cs2)CCO1. The maximum atomic E-state index is 5.81. The van der Waals surface area contributed by atoms with Crippen molar-refractivity contribution in [3.8, 4) is 0 Å². The lowest BCUT2D eigenvalue weighted by atomic mass is 10.2. The first-order valence-corrected chi connectivity index (χ1v) is 6.66. The number of anilines is 1. The van der Waals surface area contributed by atoms with Gasteiger partial charge in [0.05, 0.1) is 18.4 Å². The van der Waals surface area contributed by atoms with Crippen molar-refractivity contribution in [1.29, 1.82) is 0 Å². The van der Waals surface area contributed by atoms with E-state index in [9.17, 15) is 0 Å². The van der Waals surface area contributed by atoms with Gasteiger partial charge in [0.25, 0.3) is 0 Å². The molecule has 4 nitrogen and oxygen atoms in total. The second-order valence-corrected chi connectivity index (χ2v) is 5.03. The lowest BCUT2D eigenvalue weighted by Gasteiger charge is -2.32. The molecular formula is C11H19N3OS. The number of hydrogen-bond acceptors (Lipinski definition) is 5. The number of nitrogens with zero attached hydrogens (tertiary/aromatic N) is 2. The van der Waals surface area contributed by atoms with E-state index in [0.717, 1.165) is 36.9 Å². The largest absolute Gasteiger partial charge is 0.375 e. The summed E-state index contributed by atoms with van der Waals surface area (Å²) in [6, 6.07) is 0.0213. The fourth-order valence-corrected chi connectivity index (χ4v) is 2.74. The maximum absolute atomic E-state index is 5.81. The van der Waals surface area contributed by atoms with E-state index in [1.165, 1.54) is 0 Å². The van der Waals surface area contributed by atoms with Crippen LogP contribution in [0.1, 0.15) is 32.0 Å². The minimum absolute atomic E-state index is 0.0213. The van der Waals surface area contributed by atoms with Crippen LogP contribution in [0.4, 0.5) is 5.13 Å². The summed E-state index contributed by atoms with van der Waals surface area (Å²) in [5.41, 5.74) is 6.80. The van der Waals surface area contributed by atoms with Crippen LogP contribution in [0.15, 0.2) is 5.38 Å². The Labute approximate surface area is 100 Å². The lowest BCUT2D eigenvalue weighted by Crippen LogP contribution is -2.42. The van der Waals surface area contributed by atoms with Crippen LogP contribution in [0.25, 0.3) is 0 Å². The molecule has 5 heteroatoms. The number of nitrogens with two attached hydrogens (primary N) is 1. The summed E-state index contributed by atoms with van der Waals surface area (Å²) in [5.74, 6) is 0. The van der Waals surface area contributed by atoms with Crippen molar-refractivity contribution >= 4 is 16.5 Å². The Morgan fingerprint density at radius 3 is 3.19 bits per heavy atom. The summed E-state index contributed by atoms with van der Waals surface area (Å²) in [7, 11) is 0. The summed E-state index contributed by atoms with van der Waals surface area (Å²) in [5, 5.41) is 3.13. The van der Waals surface area contributed by atoms with Crippen molar-refractivity contribution in [2.24, 2.45) is 5.73 Å². The monoisotopic (exact) mass is 241 g/mol. The zero-order chi connectivity index (χ0) is 11.5. The number of thiazole rings is 1. The molecule has 1 aliphatic heterocycles. The standard InChI is InChI=1S/C11H19N3OS/c1-3-9-6-14(4-5-15-9)11-13-10(7-16-11)8(2)12/h7-9H,3-6,12H2,1-2H3. The first-order valence-electron chi connectivity index (χ1n) is 5.78. The molecule has 0 radical (unpaired) electrons. The molecular weight excluding hydrogens is 222 g/mol. The first-order chi connectivity index (χ1) is 7.70. The Bertz CT molecular complexity index is 340. The van der Waals surface area contributed by atoms with Crippen LogP contribution < -0.4 is 10.6 Å². The van der Waals surface area contributed by atoms with Crippen LogP contribution in [0.3, 0.4) is 0 Å². The lowest BCUT2D eigenvalue weighted by molar-refractivity contribution is 0.0384. The van der Waals surface area contributed by atoms with Gasteiger partial charge in [0.2, 0.25) is 0 Å². The fourth-order valence-electron chi connectivity index (χ4n) is 1.77. The zero-order valence-corrected chi connectivity index (χ0v) is 10.7. The fraction of sp³-hybridized carbons (Fsp3) is 0.727. The van der Waals surface area contributed by atoms with Crippen molar-refractivity contribution < 1.29 is 4.74 Å². The molecule has 2 heterocycles. The smallest absolute Gasteiger partial charge is 0.185 e. The predicted molar refractivity (Wildman–Crippen MR) is 67.0 cm³/mol. The third-order valence-corrected chi connectivity index (χ3v) is 3.76. The van der Waals surface area contributed by atoms with E-state index in [-0.39, 0.29) is 6.04 Å². The van der Waals surface area contributed by atoms with Gasteiger partial charge >= 0.3 is 0 Å². The number of hydrogen-bond donors (Lipinski definition) is 1. The second-order valence-electron chi connectivity index (χ2n) is 4.19. The molecule has 0 aliphatic carbocycles. The van der Waals surface area contributed by atoms with Gasteiger partial charge in [0, 0.05) is 24.5 Å². The average molecular weight is 241 g/mol. The van der Waals surface area contributed by atoms with Gasteiger partial charge < -0.3 is 15.4 Å². The normalized spacial score (nSPS) is 23.4. The summed E-state index contributed by atoms with van der Waals surface area (Å²) in [6.45, 7) is 6.80. The quantitative estimate of drug-likeness (QED) is 0.876. The molecule has 2 unspecified atom stereocenters. The molecule has 0 saturated carbocycles. The van der Waals surface area contributed by atoms with Gasteiger partial charge in [-0.2, -0.15) is 0 Å². The summed E-state index contributed by atoms with van der Waals surface area (Å²) < 4.78 is 5.64. The predicted octanol–water partition coefficient (Wildman–Crippen LogP) is 1.78. The summed E-state index contributed by atoms with van der Waals surface area (Å²) >= 11 is 1.68. The van der Waals surface area contributed by atoms with E-state index in [2.05, 4.69) is 22.2 Å². The van der Waals surface area contributed by atoms with Crippen molar-refractivity contribution in [2.75, 3.05) is 24.6 Å². The van der Waals surface area contributed by atoms with Gasteiger partial charge in [0.1, 0.15) is 0 Å². The first kappa shape index (κ1) is 11.8. The molecule has 2 atom stereocenters. The molecule has 1 aromatic rings. The van der Waals surface area contributed by atoms with E-state index in [4.69, 9.17) is 10.5 Å². The number of rotatable bonds is 3. The van der Waals surface area contributed by atoms with Crippen LogP contribution >= 0.6 is 11.3 Å². The van der Waals surface area contributed by atoms with Crippen molar-refractivity contribution in [1.82, 2.24) is 4.98 Å². The van der Waals surface area contributed by atoms with Crippen molar-refractivity contribution in [3.05, 3.63) is 11.1 Å². The van der Waals surface area contributed by atoms with Gasteiger partial charge in [-0.15, -0.1) is 11.3 Å². The molecule has 1 saturated heterocycles. The molecule has 2 N–H and O–H groups in total. The second kappa shape index (κ2) is 5.12. The van der Waals surface area contributed by atoms with E-state index < -0.39 is 0 Å². The van der Waals surface area contributed by atoms with Gasteiger partial charge in [-0.05, 0) is 13.3 Å². The van der Waals surface area contributed by atoms with Crippen LogP contribution in [-0.4, -0.2) is 30.8 Å². The third kappa shape index (κ3) is 2.53. The minimum Gasteiger partial charge on any atom is -0.375 e. The Morgan fingerprint density at radius 1 is 1.75 bits per heavy atom. The molecule has 0 aromatic carbocycles. The topological polar surface area (TPSA) is 51.4 Å². The number of aromatic nitrogens is 1. The van der Waals surface area contributed by atoms with E-state index >= 15 is 0 Å².